The van der Waals surface area contributed by atoms with Gasteiger partial charge in [0, 0.05) is 17.6 Å². The first-order chi connectivity index (χ1) is 17.4. The Balaban J connectivity index is 2.18. The van der Waals surface area contributed by atoms with Crippen molar-refractivity contribution >= 4 is 22.9 Å². The Morgan fingerprint density at radius 2 is 1.89 bits per heavy atom. The molecule has 5 nitrogen and oxygen atoms in total. The second-order valence-electron chi connectivity index (χ2n) is 9.28. The van der Waals surface area contributed by atoms with E-state index in [0.29, 0.717) is 22.8 Å². The van der Waals surface area contributed by atoms with E-state index < -0.39 is 5.82 Å². The van der Waals surface area contributed by atoms with E-state index in [1.54, 1.807) is 6.07 Å². The highest BCUT2D eigenvalue weighted by molar-refractivity contribution is 6.27. The third-order valence-corrected chi connectivity index (χ3v) is 6.54. The number of carbonyl (C=O) groups excluding carboxylic acids is 1. The predicted molar refractivity (Wildman–Crippen MR) is 145 cm³/mol. The van der Waals surface area contributed by atoms with Crippen LogP contribution in [0.5, 0.6) is 5.75 Å². The molecule has 1 unspecified atom stereocenters. The summed E-state index contributed by atoms with van der Waals surface area (Å²) in [5, 5.41) is 6.91. The molecule has 0 spiro atoms. The number of Topliss-reactive ketones (excluding diaryl/α,β-unsaturated/α-hetero) is 1. The maximum atomic E-state index is 14.7. The summed E-state index contributed by atoms with van der Waals surface area (Å²) in [5.74, 6) is 3.28. The van der Waals surface area contributed by atoms with Crippen LogP contribution in [-0.4, -0.2) is 37.9 Å². The number of allylic oxidation sites excluding steroid dienone is 1. The summed E-state index contributed by atoms with van der Waals surface area (Å²) in [6.07, 6.45) is 9.24. The fourth-order valence-electron chi connectivity index (χ4n) is 4.27. The minimum atomic E-state index is -0.529. The number of aliphatic imine (C=N–C) groups is 1. The van der Waals surface area contributed by atoms with Gasteiger partial charge in [-0.3, -0.25) is 9.79 Å². The number of benzene rings is 2. The summed E-state index contributed by atoms with van der Waals surface area (Å²) in [4.78, 5) is 18.2. The molecule has 1 fully saturated rings. The number of ether oxygens (including phenoxy) is 1. The number of carbonyl (C=O) groups is 1. The lowest BCUT2D eigenvalue weighted by Gasteiger charge is -2.24. The van der Waals surface area contributed by atoms with Crippen LogP contribution in [0.15, 0.2) is 47.5 Å². The van der Waals surface area contributed by atoms with Gasteiger partial charge in [0.2, 0.25) is 0 Å². The third kappa shape index (κ3) is 7.05. The van der Waals surface area contributed by atoms with Crippen molar-refractivity contribution in [2.24, 2.45) is 10.9 Å². The highest BCUT2D eigenvalue weighted by Gasteiger charge is 2.21. The van der Waals surface area contributed by atoms with E-state index in [4.69, 9.17) is 16.2 Å². The lowest BCUT2D eigenvalue weighted by Crippen LogP contribution is -2.33. The van der Waals surface area contributed by atoms with Crippen LogP contribution in [0.4, 0.5) is 4.39 Å². The molecule has 1 heterocycles. The quantitative estimate of drug-likeness (QED) is 0.162. The lowest BCUT2D eigenvalue weighted by molar-refractivity contribution is -0.111. The second kappa shape index (κ2) is 13.0. The molecular weight excluding hydrogens is 453 g/mol. The Bertz CT molecular complexity index is 1160. The Morgan fingerprint density at radius 1 is 1.22 bits per heavy atom. The van der Waals surface area contributed by atoms with Crippen molar-refractivity contribution in [3.8, 4) is 18.1 Å². The molecular formula is C30H36FN3O2. The van der Waals surface area contributed by atoms with Crippen LogP contribution in [-0.2, 0) is 4.79 Å². The van der Waals surface area contributed by atoms with Gasteiger partial charge in [-0.1, -0.05) is 44.4 Å². The average molecular weight is 490 g/mol. The van der Waals surface area contributed by atoms with Crippen LogP contribution in [0.2, 0.25) is 0 Å². The van der Waals surface area contributed by atoms with Crippen molar-refractivity contribution in [1.29, 1.82) is 0 Å². The molecule has 3 rings (SSSR count). The standard InChI is InChI=1S/C30H36FN3O2/c1-6-20(3)18-28(33-25-14-16-32-17-15-25)34-30(23-10-8-22(7-2)9-11-23)29(21(4)35)24-12-13-27(36-5)26(31)19-24/h2,8-13,19-20,25,32H,6,14-18H2,1,3-5H3,(H,33,34)/b30-29+. The van der Waals surface area contributed by atoms with Crippen LogP contribution in [0.25, 0.3) is 11.3 Å². The number of halogens is 1. The lowest BCUT2D eigenvalue weighted by atomic mass is 9.95. The predicted octanol–water partition coefficient (Wildman–Crippen LogP) is 5.45. The van der Waals surface area contributed by atoms with Crippen LogP contribution in [0.3, 0.4) is 0 Å². The van der Waals surface area contributed by atoms with Crippen molar-refractivity contribution in [1.82, 2.24) is 10.6 Å². The summed E-state index contributed by atoms with van der Waals surface area (Å²) in [7, 11) is 1.41. The van der Waals surface area contributed by atoms with Gasteiger partial charge >= 0.3 is 0 Å². The zero-order chi connectivity index (χ0) is 26.1. The van der Waals surface area contributed by atoms with Crippen LogP contribution in [0.1, 0.15) is 63.1 Å². The van der Waals surface area contributed by atoms with Gasteiger partial charge in [-0.15, -0.1) is 6.42 Å². The van der Waals surface area contributed by atoms with Gasteiger partial charge in [-0.2, -0.15) is 0 Å². The topological polar surface area (TPSA) is 62.7 Å². The molecule has 0 aromatic heterocycles. The highest BCUT2D eigenvalue weighted by Crippen LogP contribution is 2.29. The van der Waals surface area contributed by atoms with E-state index in [-0.39, 0.29) is 17.6 Å². The molecule has 0 aliphatic carbocycles. The zero-order valence-corrected chi connectivity index (χ0v) is 21.7. The number of amidine groups is 1. The van der Waals surface area contributed by atoms with E-state index in [1.165, 1.54) is 26.2 Å². The highest BCUT2D eigenvalue weighted by atomic mass is 19.1. The minimum Gasteiger partial charge on any atom is -0.494 e. The second-order valence-corrected chi connectivity index (χ2v) is 9.28. The number of terminal acetylenes is 1. The Hall–Kier alpha value is -3.43. The number of methoxy groups -OCH3 is 1. The summed E-state index contributed by atoms with van der Waals surface area (Å²) in [6, 6.07) is 12.2. The molecule has 36 heavy (non-hydrogen) atoms. The van der Waals surface area contributed by atoms with Crippen molar-refractivity contribution in [2.75, 3.05) is 20.2 Å². The number of nitrogens with one attached hydrogen (secondary N) is 2. The molecule has 1 atom stereocenters. The summed E-state index contributed by atoms with van der Waals surface area (Å²) >= 11 is 0. The van der Waals surface area contributed by atoms with E-state index in [1.807, 2.05) is 24.3 Å². The van der Waals surface area contributed by atoms with Crippen molar-refractivity contribution < 1.29 is 13.9 Å². The van der Waals surface area contributed by atoms with Gasteiger partial charge < -0.3 is 15.4 Å². The zero-order valence-electron chi connectivity index (χ0n) is 21.7. The summed E-state index contributed by atoms with van der Waals surface area (Å²) in [5.41, 5.74) is 2.95. The van der Waals surface area contributed by atoms with Gasteiger partial charge in [0.05, 0.1) is 18.8 Å². The summed E-state index contributed by atoms with van der Waals surface area (Å²) in [6.45, 7) is 7.71. The van der Waals surface area contributed by atoms with Crippen molar-refractivity contribution in [2.45, 2.75) is 52.5 Å². The number of hydrogen-bond donors (Lipinski definition) is 2. The van der Waals surface area contributed by atoms with E-state index >= 15 is 0 Å². The minimum absolute atomic E-state index is 0.125. The normalized spacial score (nSPS) is 16.1. The number of ketones is 1. The van der Waals surface area contributed by atoms with E-state index in [0.717, 1.165) is 55.7 Å². The molecule has 0 saturated carbocycles. The monoisotopic (exact) mass is 489 g/mol. The Labute approximate surface area is 214 Å². The molecule has 1 aliphatic rings. The molecule has 2 N–H and O–H groups in total. The van der Waals surface area contributed by atoms with Gasteiger partial charge in [0.15, 0.2) is 17.3 Å². The Kier molecular flexibility index (Phi) is 9.84. The number of piperidine rings is 1. The molecule has 6 heteroatoms. The van der Waals surface area contributed by atoms with Crippen LogP contribution < -0.4 is 15.4 Å². The van der Waals surface area contributed by atoms with E-state index in [9.17, 15) is 9.18 Å². The first-order valence-corrected chi connectivity index (χ1v) is 12.6. The fourth-order valence-corrected chi connectivity index (χ4v) is 4.27. The molecule has 0 radical (unpaired) electrons. The molecule has 1 aliphatic heterocycles. The smallest absolute Gasteiger partial charge is 0.165 e. The molecule has 2 aromatic rings. The number of nitrogens with zero attached hydrogens (tertiary/aromatic N) is 1. The summed E-state index contributed by atoms with van der Waals surface area (Å²) < 4.78 is 19.8. The van der Waals surface area contributed by atoms with Gasteiger partial charge in [0.25, 0.3) is 0 Å². The molecule has 1 saturated heterocycles. The molecule has 0 bridgehead atoms. The molecule has 190 valence electrons. The van der Waals surface area contributed by atoms with Crippen LogP contribution in [0, 0.1) is 24.1 Å². The van der Waals surface area contributed by atoms with Gasteiger partial charge in [0.1, 0.15) is 5.84 Å². The fraction of sp³-hybridized carbons (Fsp3) is 0.400. The largest absolute Gasteiger partial charge is 0.494 e. The van der Waals surface area contributed by atoms with Gasteiger partial charge in [-0.05, 0) is 74.2 Å². The molecule has 0 amide bonds. The van der Waals surface area contributed by atoms with E-state index in [2.05, 4.69) is 30.4 Å². The average Bonchev–Trinajstić information content (AvgIpc) is 2.88. The molecule has 2 aromatic carbocycles. The van der Waals surface area contributed by atoms with Crippen molar-refractivity contribution in [3.63, 3.8) is 0 Å². The third-order valence-electron chi connectivity index (χ3n) is 6.54. The van der Waals surface area contributed by atoms with Crippen molar-refractivity contribution in [3.05, 3.63) is 65.0 Å². The SMILES string of the molecule is C#Cc1ccc(/C(NC(CC(C)CC)=NC2CCNCC2)=C(/C(C)=O)c2ccc(OC)c(F)c2)cc1. The maximum absolute atomic E-state index is 14.7. The first kappa shape index (κ1) is 27.2. The van der Waals surface area contributed by atoms with Gasteiger partial charge in [-0.25, -0.2) is 4.39 Å². The first-order valence-electron chi connectivity index (χ1n) is 12.6. The number of hydrogen-bond acceptors (Lipinski definition) is 4. The Morgan fingerprint density at radius 3 is 2.44 bits per heavy atom. The van der Waals surface area contributed by atoms with Crippen LogP contribution >= 0.6 is 0 Å². The number of rotatable bonds is 9. The maximum Gasteiger partial charge on any atom is 0.165 e.